The summed E-state index contributed by atoms with van der Waals surface area (Å²) in [7, 11) is 0. The van der Waals surface area contributed by atoms with Crippen LogP contribution in [0.4, 0.5) is 5.69 Å². The standard InChI is InChI=1S/C14H19N3/c1-10-14(16-9-11-5-4-8-15-11)12-6-2-3-7-13(12)17-10/h2-3,6-7,11,15-17H,4-5,8-9H2,1H3. The predicted octanol–water partition coefficient (Wildman–Crippen LogP) is 2.64. The molecule has 3 rings (SSSR count). The van der Waals surface area contributed by atoms with Crippen LogP contribution in [0.1, 0.15) is 18.5 Å². The van der Waals surface area contributed by atoms with Crippen molar-refractivity contribution < 1.29 is 0 Å². The highest BCUT2D eigenvalue weighted by atomic mass is 15.0. The van der Waals surface area contributed by atoms with Crippen LogP contribution >= 0.6 is 0 Å². The van der Waals surface area contributed by atoms with Crippen LogP contribution in [0.3, 0.4) is 0 Å². The zero-order valence-electron chi connectivity index (χ0n) is 10.2. The van der Waals surface area contributed by atoms with E-state index in [9.17, 15) is 0 Å². The van der Waals surface area contributed by atoms with Crippen LogP contribution in [0, 0.1) is 6.92 Å². The van der Waals surface area contributed by atoms with Crippen molar-refractivity contribution in [2.24, 2.45) is 0 Å². The first kappa shape index (κ1) is 10.7. The molecule has 3 heteroatoms. The average molecular weight is 229 g/mol. The number of para-hydroxylation sites is 1. The molecule has 0 amide bonds. The Kier molecular flexibility index (Phi) is 2.77. The molecule has 1 aliphatic rings. The van der Waals surface area contributed by atoms with Crippen molar-refractivity contribution >= 4 is 16.6 Å². The van der Waals surface area contributed by atoms with Crippen LogP contribution in [0.15, 0.2) is 24.3 Å². The highest BCUT2D eigenvalue weighted by Gasteiger charge is 2.15. The highest BCUT2D eigenvalue weighted by molar-refractivity contribution is 5.94. The largest absolute Gasteiger partial charge is 0.382 e. The molecule has 0 aliphatic carbocycles. The number of hydrogen-bond donors (Lipinski definition) is 3. The Morgan fingerprint density at radius 2 is 2.24 bits per heavy atom. The summed E-state index contributed by atoms with van der Waals surface area (Å²) in [6.07, 6.45) is 2.59. The fourth-order valence-electron chi connectivity index (χ4n) is 2.66. The second-order valence-electron chi connectivity index (χ2n) is 4.84. The van der Waals surface area contributed by atoms with Gasteiger partial charge in [-0.05, 0) is 32.4 Å². The predicted molar refractivity (Wildman–Crippen MR) is 72.6 cm³/mol. The number of aromatic nitrogens is 1. The van der Waals surface area contributed by atoms with E-state index in [4.69, 9.17) is 0 Å². The Morgan fingerprint density at radius 3 is 3.06 bits per heavy atom. The van der Waals surface area contributed by atoms with Crippen LogP contribution < -0.4 is 10.6 Å². The van der Waals surface area contributed by atoms with E-state index in [1.807, 2.05) is 0 Å². The summed E-state index contributed by atoms with van der Waals surface area (Å²) in [5, 5.41) is 8.39. The van der Waals surface area contributed by atoms with Crippen molar-refractivity contribution in [2.75, 3.05) is 18.4 Å². The molecule has 1 aromatic carbocycles. The monoisotopic (exact) mass is 229 g/mol. The fourth-order valence-corrected chi connectivity index (χ4v) is 2.66. The van der Waals surface area contributed by atoms with Crippen molar-refractivity contribution in [3.05, 3.63) is 30.0 Å². The SMILES string of the molecule is Cc1[nH]c2ccccc2c1NCC1CCCN1. The molecule has 0 saturated carbocycles. The van der Waals surface area contributed by atoms with Crippen LogP contribution in [-0.2, 0) is 0 Å². The van der Waals surface area contributed by atoms with Crippen LogP contribution in [0.25, 0.3) is 10.9 Å². The lowest BCUT2D eigenvalue weighted by Crippen LogP contribution is -2.29. The zero-order chi connectivity index (χ0) is 11.7. The third kappa shape index (κ3) is 2.03. The third-order valence-corrected chi connectivity index (χ3v) is 3.58. The molecule has 3 N–H and O–H groups in total. The summed E-state index contributed by atoms with van der Waals surface area (Å²) in [6, 6.07) is 9.09. The normalized spacial score (nSPS) is 19.9. The molecule has 0 radical (unpaired) electrons. The van der Waals surface area contributed by atoms with E-state index in [2.05, 4.69) is 46.8 Å². The van der Waals surface area contributed by atoms with E-state index in [1.165, 1.54) is 41.7 Å². The number of nitrogens with one attached hydrogen (secondary N) is 3. The maximum Gasteiger partial charge on any atom is 0.0628 e. The number of aryl methyl sites for hydroxylation is 1. The van der Waals surface area contributed by atoms with Crippen LogP contribution in [0.2, 0.25) is 0 Å². The zero-order valence-corrected chi connectivity index (χ0v) is 10.2. The topological polar surface area (TPSA) is 39.9 Å². The third-order valence-electron chi connectivity index (χ3n) is 3.58. The summed E-state index contributed by atoms with van der Waals surface area (Å²) in [6.45, 7) is 4.31. The Hall–Kier alpha value is -1.48. The summed E-state index contributed by atoms with van der Waals surface area (Å²) in [4.78, 5) is 3.42. The Balaban J connectivity index is 1.81. The number of hydrogen-bond acceptors (Lipinski definition) is 2. The fraction of sp³-hybridized carbons (Fsp3) is 0.429. The van der Waals surface area contributed by atoms with E-state index >= 15 is 0 Å². The molecule has 1 aliphatic heterocycles. The first-order chi connectivity index (χ1) is 8.34. The van der Waals surface area contributed by atoms with Crippen molar-refractivity contribution in [1.82, 2.24) is 10.3 Å². The van der Waals surface area contributed by atoms with E-state index < -0.39 is 0 Å². The highest BCUT2D eigenvalue weighted by Crippen LogP contribution is 2.26. The van der Waals surface area contributed by atoms with Gasteiger partial charge < -0.3 is 15.6 Å². The Morgan fingerprint density at radius 1 is 1.35 bits per heavy atom. The smallest absolute Gasteiger partial charge is 0.0628 e. The van der Waals surface area contributed by atoms with Crippen molar-refractivity contribution in [3.63, 3.8) is 0 Å². The number of benzene rings is 1. The van der Waals surface area contributed by atoms with Gasteiger partial charge in [0.15, 0.2) is 0 Å². The van der Waals surface area contributed by atoms with Crippen molar-refractivity contribution in [1.29, 1.82) is 0 Å². The maximum absolute atomic E-state index is 3.58. The Bertz CT molecular complexity index is 509. The molecule has 1 unspecified atom stereocenters. The molecule has 0 spiro atoms. The van der Waals surface area contributed by atoms with Gasteiger partial charge in [0, 0.05) is 29.2 Å². The van der Waals surface area contributed by atoms with Gasteiger partial charge in [0.1, 0.15) is 0 Å². The number of fused-ring (bicyclic) bond motifs is 1. The van der Waals surface area contributed by atoms with Gasteiger partial charge in [-0.3, -0.25) is 0 Å². The van der Waals surface area contributed by atoms with E-state index in [0.717, 1.165) is 6.54 Å². The summed E-state index contributed by atoms with van der Waals surface area (Å²) < 4.78 is 0. The summed E-state index contributed by atoms with van der Waals surface area (Å²) in [5.74, 6) is 0. The lowest BCUT2D eigenvalue weighted by atomic mass is 10.2. The van der Waals surface area contributed by atoms with Gasteiger partial charge in [-0.1, -0.05) is 18.2 Å². The average Bonchev–Trinajstić information content (AvgIpc) is 2.93. The van der Waals surface area contributed by atoms with Gasteiger partial charge in [-0.25, -0.2) is 0 Å². The molecule has 1 fully saturated rings. The van der Waals surface area contributed by atoms with Gasteiger partial charge in [-0.2, -0.15) is 0 Å². The number of aromatic amines is 1. The molecular formula is C14H19N3. The van der Waals surface area contributed by atoms with Crippen LogP contribution in [0.5, 0.6) is 0 Å². The molecule has 1 saturated heterocycles. The second-order valence-corrected chi connectivity index (χ2v) is 4.84. The van der Waals surface area contributed by atoms with E-state index in [-0.39, 0.29) is 0 Å². The van der Waals surface area contributed by atoms with Gasteiger partial charge in [0.25, 0.3) is 0 Å². The first-order valence-electron chi connectivity index (χ1n) is 6.39. The minimum absolute atomic E-state index is 0.628. The first-order valence-corrected chi connectivity index (χ1v) is 6.39. The van der Waals surface area contributed by atoms with Crippen molar-refractivity contribution in [3.8, 4) is 0 Å². The molecule has 1 atom stereocenters. The minimum Gasteiger partial charge on any atom is -0.382 e. The van der Waals surface area contributed by atoms with E-state index in [0.29, 0.717) is 6.04 Å². The maximum atomic E-state index is 3.58. The Labute approximate surface area is 102 Å². The number of H-pyrrole nitrogens is 1. The molecule has 0 bridgehead atoms. The lowest BCUT2D eigenvalue weighted by molar-refractivity contribution is 0.633. The van der Waals surface area contributed by atoms with E-state index in [1.54, 1.807) is 0 Å². The molecule has 3 nitrogen and oxygen atoms in total. The number of rotatable bonds is 3. The summed E-state index contributed by atoms with van der Waals surface area (Å²) in [5.41, 5.74) is 3.70. The molecule has 2 heterocycles. The van der Waals surface area contributed by atoms with Gasteiger partial charge in [0.2, 0.25) is 0 Å². The summed E-state index contributed by atoms with van der Waals surface area (Å²) >= 11 is 0. The quantitative estimate of drug-likeness (QED) is 0.757. The molecular weight excluding hydrogens is 210 g/mol. The molecule has 2 aromatic rings. The number of anilines is 1. The van der Waals surface area contributed by atoms with Crippen molar-refractivity contribution in [2.45, 2.75) is 25.8 Å². The molecule has 1 aromatic heterocycles. The minimum atomic E-state index is 0.628. The van der Waals surface area contributed by atoms with Gasteiger partial charge in [-0.15, -0.1) is 0 Å². The lowest BCUT2D eigenvalue weighted by Gasteiger charge is -2.12. The molecule has 90 valence electrons. The second kappa shape index (κ2) is 4.41. The molecule has 17 heavy (non-hydrogen) atoms. The van der Waals surface area contributed by atoms with Gasteiger partial charge in [0.05, 0.1) is 5.69 Å². The van der Waals surface area contributed by atoms with Gasteiger partial charge >= 0.3 is 0 Å². The van der Waals surface area contributed by atoms with Crippen LogP contribution in [-0.4, -0.2) is 24.1 Å².